The van der Waals surface area contributed by atoms with Gasteiger partial charge in [0.2, 0.25) is 15.9 Å². The van der Waals surface area contributed by atoms with Gasteiger partial charge in [-0.15, -0.1) is 0 Å². The van der Waals surface area contributed by atoms with Gasteiger partial charge in [-0.2, -0.15) is 0 Å². The molecule has 0 fully saturated rings. The van der Waals surface area contributed by atoms with Crippen molar-refractivity contribution in [3.8, 4) is 0 Å². The van der Waals surface area contributed by atoms with Crippen molar-refractivity contribution in [3.63, 3.8) is 0 Å². The molecule has 0 aliphatic carbocycles. The third kappa shape index (κ3) is 5.68. The molecule has 160 valence electrons. The smallest absolute Gasteiger partial charge is 0.246 e. The number of benzene rings is 1. The highest BCUT2D eigenvalue weighted by atomic mass is 35.5. The number of fused-ring (bicyclic) bond motifs is 1. The normalized spacial score (nSPS) is 14.2. The molecule has 0 unspecified atom stereocenters. The van der Waals surface area contributed by atoms with Crippen molar-refractivity contribution >= 4 is 33.6 Å². The van der Waals surface area contributed by atoms with Gasteiger partial charge in [0.05, 0.1) is 5.75 Å². The number of carbonyl (C=O) groups excluding carboxylic acids is 1. The summed E-state index contributed by atoms with van der Waals surface area (Å²) in [5.41, 5.74) is 4.64. The minimum Gasteiger partial charge on any atom is -0.334 e. The number of aryl methyl sites for hydroxylation is 1. The molecule has 0 bridgehead atoms. The van der Waals surface area contributed by atoms with E-state index >= 15 is 0 Å². The van der Waals surface area contributed by atoms with Gasteiger partial charge in [-0.1, -0.05) is 30.7 Å². The van der Waals surface area contributed by atoms with Crippen molar-refractivity contribution in [1.82, 2.24) is 14.6 Å². The molecule has 2 heterocycles. The molecule has 30 heavy (non-hydrogen) atoms. The Kier molecular flexibility index (Phi) is 7.28. The van der Waals surface area contributed by atoms with Crippen LogP contribution in [-0.4, -0.2) is 36.5 Å². The van der Waals surface area contributed by atoms with Crippen LogP contribution >= 0.6 is 11.6 Å². The van der Waals surface area contributed by atoms with Gasteiger partial charge in [-0.05, 0) is 60.2 Å². The molecule has 0 spiro atoms. The van der Waals surface area contributed by atoms with Crippen LogP contribution in [0.4, 0.5) is 0 Å². The average molecular weight is 448 g/mol. The highest BCUT2D eigenvalue weighted by Gasteiger charge is 2.23. The van der Waals surface area contributed by atoms with Gasteiger partial charge in [0.25, 0.3) is 0 Å². The Balaban J connectivity index is 1.72. The van der Waals surface area contributed by atoms with E-state index in [4.69, 9.17) is 11.6 Å². The van der Waals surface area contributed by atoms with Gasteiger partial charge in [0.1, 0.15) is 0 Å². The van der Waals surface area contributed by atoms with Crippen molar-refractivity contribution < 1.29 is 13.2 Å². The summed E-state index contributed by atoms with van der Waals surface area (Å²) in [5.74, 6) is 0.0295. The monoisotopic (exact) mass is 447 g/mol. The van der Waals surface area contributed by atoms with Crippen molar-refractivity contribution in [2.75, 3.05) is 12.3 Å². The van der Waals surface area contributed by atoms with Gasteiger partial charge >= 0.3 is 0 Å². The van der Waals surface area contributed by atoms with Crippen LogP contribution in [0, 0.1) is 6.92 Å². The predicted octanol–water partition coefficient (Wildman–Crippen LogP) is 3.47. The first-order chi connectivity index (χ1) is 14.3. The van der Waals surface area contributed by atoms with E-state index in [0.717, 1.165) is 27.9 Å². The molecular formula is C22H26ClN3O3S. The molecule has 0 atom stereocenters. The van der Waals surface area contributed by atoms with Crippen LogP contribution in [0.5, 0.6) is 0 Å². The summed E-state index contributed by atoms with van der Waals surface area (Å²) in [4.78, 5) is 18.8. The van der Waals surface area contributed by atoms with Crippen LogP contribution < -0.4 is 4.72 Å². The number of carbonyl (C=O) groups is 1. The van der Waals surface area contributed by atoms with Crippen LogP contribution in [0.2, 0.25) is 5.02 Å². The van der Waals surface area contributed by atoms with Gasteiger partial charge < -0.3 is 4.90 Å². The van der Waals surface area contributed by atoms with E-state index in [1.54, 1.807) is 35.4 Å². The average Bonchev–Trinajstić information content (AvgIpc) is 2.71. The number of rotatable bonds is 7. The molecule has 1 amide bonds. The van der Waals surface area contributed by atoms with Gasteiger partial charge in [-0.25, -0.2) is 13.1 Å². The van der Waals surface area contributed by atoms with E-state index in [0.29, 0.717) is 31.0 Å². The molecule has 2 aromatic rings. The largest absolute Gasteiger partial charge is 0.334 e. The van der Waals surface area contributed by atoms with Crippen molar-refractivity contribution in [3.05, 3.63) is 69.5 Å². The molecule has 1 N–H and O–H groups in total. The standard InChI is InChI=1S/C22H26ClN3O3S/c1-3-11-30(28,29)25-14-21-16(2)24-13-18-15-26(10-9-20(18)21)22(27)8-7-17-5-4-6-19(23)12-17/h4-8,12-13,25H,3,9-11,14-15H2,1-2H3. The second-order valence-corrected chi connectivity index (χ2v) is 9.73. The van der Waals surface area contributed by atoms with Gasteiger partial charge in [-0.3, -0.25) is 9.78 Å². The summed E-state index contributed by atoms with van der Waals surface area (Å²) < 4.78 is 26.7. The lowest BCUT2D eigenvalue weighted by molar-refractivity contribution is -0.126. The summed E-state index contributed by atoms with van der Waals surface area (Å²) >= 11 is 5.98. The number of halogens is 1. The molecule has 1 aromatic carbocycles. The first kappa shape index (κ1) is 22.5. The van der Waals surface area contributed by atoms with Crippen molar-refractivity contribution in [1.29, 1.82) is 0 Å². The number of nitrogens with one attached hydrogen (secondary N) is 1. The number of pyridine rings is 1. The molecule has 1 aliphatic rings. The minimum atomic E-state index is -3.29. The lowest BCUT2D eigenvalue weighted by Gasteiger charge is -2.30. The Labute approximate surface area is 183 Å². The zero-order valence-electron chi connectivity index (χ0n) is 17.2. The second kappa shape index (κ2) is 9.73. The maximum atomic E-state index is 12.6. The summed E-state index contributed by atoms with van der Waals surface area (Å²) in [6.45, 7) is 4.98. The molecule has 6 nitrogen and oxygen atoms in total. The fraction of sp³-hybridized carbons (Fsp3) is 0.364. The molecule has 1 aromatic heterocycles. The molecular weight excluding hydrogens is 422 g/mol. The van der Waals surface area contributed by atoms with E-state index in [1.807, 2.05) is 26.0 Å². The lowest BCUT2D eigenvalue weighted by atomic mass is 9.95. The Morgan fingerprint density at radius 1 is 1.37 bits per heavy atom. The summed E-state index contributed by atoms with van der Waals surface area (Å²) in [6, 6.07) is 7.32. The highest BCUT2D eigenvalue weighted by molar-refractivity contribution is 7.89. The fourth-order valence-corrected chi connectivity index (χ4v) is 4.80. The molecule has 8 heteroatoms. The van der Waals surface area contributed by atoms with Crippen molar-refractivity contribution in [2.45, 2.75) is 39.8 Å². The molecule has 0 saturated heterocycles. The van der Waals surface area contributed by atoms with Crippen LogP contribution in [0.3, 0.4) is 0 Å². The zero-order valence-corrected chi connectivity index (χ0v) is 18.8. The minimum absolute atomic E-state index is 0.0774. The SMILES string of the molecule is CCCS(=O)(=O)NCc1c(C)ncc2c1CCN(C(=O)C=Cc1cccc(Cl)c1)C2. The third-order valence-electron chi connectivity index (χ3n) is 5.12. The van der Waals surface area contributed by atoms with Crippen molar-refractivity contribution in [2.24, 2.45) is 0 Å². The number of nitrogens with zero attached hydrogens (tertiary/aromatic N) is 2. The predicted molar refractivity (Wildman–Crippen MR) is 119 cm³/mol. The first-order valence-corrected chi connectivity index (χ1v) is 12.0. The topological polar surface area (TPSA) is 79.4 Å². The quantitative estimate of drug-likeness (QED) is 0.659. The van der Waals surface area contributed by atoms with Crippen LogP contribution in [-0.2, 0) is 34.3 Å². The summed E-state index contributed by atoms with van der Waals surface area (Å²) in [6.07, 6.45) is 6.33. The fourth-order valence-electron chi connectivity index (χ4n) is 3.55. The van der Waals surface area contributed by atoms with E-state index in [2.05, 4.69) is 9.71 Å². The molecule has 1 aliphatic heterocycles. The van der Waals surface area contributed by atoms with Gasteiger partial charge in [0.15, 0.2) is 0 Å². The Morgan fingerprint density at radius 2 is 2.17 bits per heavy atom. The number of aromatic nitrogens is 1. The Morgan fingerprint density at radius 3 is 2.90 bits per heavy atom. The number of hydrogen-bond donors (Lipinski definition) is 1. The Bertz CT molecular complexity index is 1070. The highest BCUT2D eigenvalue weighted by Crippen LogP contribution is 2.24. The second-order valence-electron chi connectivity index (χ2n) is 7.36. The first-order valence-electron chi connectivity index (χ1n) is 9.95. The number of hydrogen-bond acceptors (Lipinski definition) is 4. The van der Waals surface area contributed by atoms with Crippen LogP contribution in [0.15, 0.2) is 36.5 Å². The van der Waals surface area contributed by atoms with E-state index in [9.17, 15) is 13.2 Å². The van der Waals surface area contributed by atoms with Crippen LogP contribution in [0.1, 0.15) is 41.3 Å². The maximum Gasteiger partial charge on any atom is 0.246 e. The zero-order chi connectivity index (χ0) is 21.7. The molecule has 3 rings (SSSR count). The lowest BCUT2D eigenvalue weighted by Crippen LogP contribution is -2.36. The summed E-state index contributed by atoms with van der Waals surface area (Å²) in [5, 5.41) is 0.625. The molecule has 0 saturated carbocycles. The molecule has 0 radical (unpaired) electrons. The number of amides is 1. The van der Waals surface area contributed by atoms with Gasteiger partial charge in [0, 0.05) is 42.6 Å². The maximum absolute atomic E-state index is 12.6. The summed E-state index contributed by atoms with van der Waals surface area (Å²) in [7, 11) is -3.29. The third-order valence-corrected chi connectivity index (χ3v) is 6.88. The van der Waals surface area contributed by atoms with Crippen LogP contribution in [0.25, 0.3) is 6.08 Å². The van der Waals surface area contributed by atoms with E-state index < -0.39 is 10.0 Å². The Hall–Kier alpha value is -2.22. The van der Waals surface area contributed by atoms with E-state index in [1.165, 1.54) is 0 Å². The van der Waals surface area contributed by atoms with E-state index in [-0.39, 0.29) is 18.2 Å². The number of sulfonamides is 1.